The van der Waals surface area contributed by atoms with Crippen molar-refractivity contribution in [3.63, 3.8) is 0 Å². The zero-order chi connectivity index (χ0) is 16.1. The summed E-state index contributed by atoms with van der Waals surface area (Å²) >= 11 is 0. The fraction of sp³-hybridized carbons (Fsp3) is 0.389. The van der Waals surface area contributed by atoms with Crippen molar-refractivity contribution < 1.29 is 19.0 Å². The fourth-order valence-electron chi connectivity index (χ4n) is 2.72. The van der Waals surface area contributed by atoms with E-state index in [0.29, 0.717) is 0 Å². The molecular formula is C18H22O4. The highest BCUT2D eigenvalue weighted by molar-refractivity contribution is 5.76. The first-order chi connectivity index (χ1) is 10.6. The molecule has 22 heavy (non-hydrogen) atoms. The molecule has 0 fully saturated rings. The smallest absolute Gasteiger partial charge is 0.316 e. The summed E-state index contributed by atoms with van der Waals surface area (Å²) in [5.74, 6) is 1.18. The number of rotatable bonds is 4. The summed E-state index contributed by atoms with van der Waals surface area (Å²) in [5, 5.41) is 0. The van der Waals surface area contributed by atoms with Crippen LogP contribution in [-0.2, 0) is 9.53 Å². The van der Waals surface area contributed by atoms with Gasteiger partial charge in [0, 0.05) is 11.5 Å². The number of hydrogen-bond donors (Lipinski definition) is 0. The molecular weight excluding hydrogens is 280 g/mol. The lowest BCUT2D eigenvalue weighted by molar-refractivity contribution is -0.142. The first-order valence-corrected chi connectivity index (χ1v) is 7.24. The zero-order valence-corrected chi connectivity index (χ0v) is 13.5. The van der Waals surface area contributed by atoms with Crippen LogP contribution in [0.3, 0.4) is 0 Å². The number of hydrogen-bond acceptors (Lipinski definition) is 4. The average molecular weight is 302 g/mol. The van der Waals surface area contributed by atoms with Gasteiger partial charge in [0.25, 0.3) is 0 Å². The lowest BCUT2D eigenvalue weighted by atomic mass is 9.92. The lowest BCUT2D eigenvalue weighted by Crippen LogP contribution is -2.11. The van der Waals surface area contributed by atoms with E-state index in [1.807, 2.05) is 43.4 Å². The van der Waals surface area contributed by atoms with Gasteiger partial charge in [-0.3, -0.25) is 4.79 Å². The second-order valence-corrected chi connectivity index (χ2v) is 5.37. The number of allylic oxidation sites excluding steroid dienone is 2. The maximum Gasteiger partial charge on any atom is 0.316 e. The van der Waals surface area contributed by atoms with Crippen LogP contribution >= 0.6 is 0 Å². The van der Waals surface area contributed by atoms with Gasteiger partial charge in [-0.1, -0.05) is 23.8 Å². The highest BCUT2D eigenvalue weighted by atomic mass is 16.5. The Kier molecular flexibility index (Phi) is 5.26. The minimum Gasteiger partial charge on any atom is -0.497 e. The average Bonchev–Trinajstić information content (AvgIpc) is 2.75. The van der Waals surface area contributed by atoms with E-state index < -0.39 is 0 Å². The molecule has 0 saturated carbocycles. The Hall–Kier alpha value is -2.23. The third-order valence-corrected chi connectivity index (χ3v) is 3.87. The van der Waals surface area contributed by atoms with Crippen LogP contribution in [0, 0.1) is 5.92 Å². The number of benzene rings is 1. The zero-order valence-electron chi connectivity index (χ0n) is 13.5. The maximum absolute atomic E-state index is 11.8. The van der Waals surface area contributed by atoms with Crippen molar-refractivity contribution >= 4 is 5.97 Å². The topological polar surface area (TPSA) is 44.8 Å². The van der Waals surface area contributed by atoms with Gasteiger partial charge in [-0.15, -0.1) is 0 Å². The summed E-state index contributed by atoms with van der Waals surface area (Å²) in [6, 6.07) is 5.77. The number of esters is 1. The van der Waals surface area contributed by atoms with Crippen molar-refractivity contribution in [1.29, 1.82) is 0 Å². The molecule has 0 aliphatic heterocycles. The van der Waals surface area contributed by atoms with E-state index in [1.165, 1.54) is 7.11 Å². The van der Waals surface area contributed by atoms with Gasteiger partial charge in [-0.25, -0.2) is 0 Å². The molecule has 0 radical (unpaired) electrons. The van der Waals surface area contributed by atoms with E-state index >= 15 is 0 Å². The molecule has 0 N–H and O–H groups in total. The second kappa shape index (κ2) is 7.16. The van der Waals surface area contributed by atoms with Gasteiger partial charge in [0.15, 0.2) is 0 Å². The molecule has 118 valence electrons. The SMILES string of the molecule is COC(=O)[C@H]1C=C[C@@H](c2cc(OC)ccc2OC)CC(C)=C1. The van der Waals surface area contributed by atoms with Gasteiger partial charge in [-0.2, -0.15) is 0 Å². The fourth-order valence-corrected chi connectivity index (χ4v) is 2.72. The quantitative estimate of drug-likeness (QED) is 0.631. The van der Waals surface area contributed by atoms with Gasteiger partial charge in [0.1, 0.15) is 11.5 Å². The molecule has 1 aliphatic rings. The molecule has 0 saturated heterocycles. The Labute approximate surface area is 131 Å². The van der Waals surface area contributed by atoms with E-state index in [4.69, 9.17) is 14.2 Å². The molecule has 1 aliphatic carbocycles. The minimum absolute atomic E-state index is 0.135. The predicted molar refractivity (Wildman–Crippen MR) is 85.3 cm³/mol. The van der Waals surface area contributed by atoms with Gasteiger partial charge in [0.05, 0.1) is 27.2 Å². The molecule has 1 aromatic carbocycles. The van der Waals surface area contributed by atoms with Crippen LogP contribution in [0.4, 0.5) is 0 Å². The van der Waals surface area contributed by atoms with Crippen LogP contribution in [0.15, 0.2) is 42.0 Å². The molecule has 0 spiro atoms. The normalized spacial score (nSPS) is 20.8. The van der Waals surface area contributed by atoms with Crippen LogP contribution in [0.1, 0.15) is 24.8 Å². The summed E-state index contributed by atoms with van der Waals surface area (Å²) < 4.78 is 15.6. The van der Waals surface area contributed by atoms with Crippen LogP contribution in [-0.4, -0.2) is 27.3 Å². The van der Waals surface area contributed by atoms with E-state index in [0.717, 1.165) is 29.1 Å². The standard InChI is InChI=1S/C18H22O4/c1-12-9-13(5-6-14(10-12)18(19)22-4)16-11-15(20-2)7-8-17(16)21-3/h5-8,10-11,13-14H,9H2,1-4H3/t13-,14+/m1/s1. The third-order valence-electron chi connectivity index (χ3n) is 3.87. The molecule has 0 unspecified atom stereocenters. The lowest BCUT2D eigenvalue weighted by Gasteiger charge is -2.17. The highest BCUT2D eigenvalue weighted by Crippen LogP contribution is 2.36. The maximum atomic E-state index is 11.8. The number of carbonyl (C=O) groups excluding carboxylic acids is 1. The van der Waals surface area contributed by atoms with Crippen LogP contribution in [0.5, 0.6) is 11.5 Å². The molecule has 0 aromatic heterocycles. The summed E-state index contributed by atoms with van der Waals surface area (Å²) in [6.45, 7) is 2.03. The predicted octanol–water partition coefficient (Wildman–Crippen LogP) is 3.48. The van der Waals surface area contributed by atoms with E-state index in [2.05, 4.69) is 0 Å². The Morgan fingerprint density at radius 1 is 1.14 bits per heavy atom. The molecule has 2 rings (SSSR count). The van der Waals surface area contributed by atoms with Crippen molar-refractivity contribution in [2.75, 3.05) is 21.3 Å². The van der Waals surface area contributed by atoms with Gasteiger partial charge >= 0.3 is 5.97 Å². The van der Waals surface area contributed by atoms with Gasteiger partial charge < -0.3 is 14.2 Å². The third kappa shape index (κ3) is 3.50. The molecule has 4 nitrogen and oxygen atoms in total. The van der Waals surface area contributed by atoms with Gasteiger partial charge in [-0.05, 0) is 31.5 Å². The minimum atomic E-state index is -0.327. The molecule has 1 aromatic rings. The first kappa shape index (κ1) is 16.1. The summed E-state index contributed by atoms with van der Waals surface area (Å²) in [4.78, 5) is 11.8. The highest BCUT2D eigenvalue weighted by Gasteiger charge is 2.21. The number of ether oxygens (including phenoxy) is 3. The number of methoxy groups -OCH3 is 3. The van der Waals surface area contributed by atoms with Crippen LogP contribution < -0.4 is 9.47 Å². The van der Waals surface area contributed by atoms with Crippen molar-refractivity contribution in [1.82, 2.24) is 0 Å². The largest absolute Gasteiger partial charge is 0.497 e. The molecule has 4 heteroatoms. The van der Waals surface area contributed by atoms with Crippen LogP contribution in [0.2, 0.25) is 0 Å². The Bertz CT molecular complexity index is 601. The summed E-state index contributed by atoms with van der Waals surface area (Å²) in [7, 11) is 4.71. The van der Waals surface area contributed by atoms with Gasteiger partial charge in [0.2, 0.25) is 0 Å². The number of carbonyl (C=O) groups is 1. The second-order valence-electron chi connectivity index (χ2n) is 5.37. The summed E-state index contributed by atoms with van der Waals surface area (Å²) in [5.41, 5.74) is 2.20. The first-order valence-electron chi connectivity index (χ1n) is 7.24. The monoisotopic (exact) mass is 302 g/mol. The molecule has 0 bridgehead atoms. The Morgan fingerprint density at radius 3 is 2.55 bits per heavy atom. The van der Waals surface area contributed by atoms with Crippen LogP contribution in [0.25, 0.3) is 0 Å². The van der Waals surface area contributed by atoms with E-state index in [1.54, 1.807) is 14.2 Å². The summed E-state index contributed by atoms with van der Waals surface area (Å²) in [6.07, 6.45) is 6.72. The molecule has 0 amide bonds. The molecule has 2 atom stereocenters. The Morgan fingerprint density at radius 2 is 1.91 bits per heavy atom. The van der Waals surface area contributed by atoms with E-state index in [-0.39, 0.29) is 17.8 Å². The van der Waals surface area contributed by atoms with Crippen molar-refractivity contribution in [3.8, 4) is 11.5 Å². The van der Waals surface area contributed by atoms with Crippen molar-refractivity contribution in [2.24, 2.45) is 5.92 Å². The van der Waals surface area contributed by atoms with Crippen molar-refractivity contribution in [2.45, 2.75) is 19.3 Å². The van der Waals surface area contributed by atoms with Crippen molar-refractivity contribution in [3.05, 3.63) is 47.6 Å². The Balaban J connectivity index is 2.37. The van der Waals surface area contributed by atoms with E-state index in [9.17, 15) is 4.79 Å². The molecule has 0 heterocycles.